The van der Waals surface area contributed by atoms with E-state index in [1.54, 1.807) is 0 Å². The largest absolute Gasteiger partial charge is 0.461 e. The quantitative estimate of drug-likeness (QED) is 0.779. The molecule has 0 aliphatic heterocycles. The molecule has 0 bridgehead atoms. The molecule has 90 valence electrons. The molecule has 3 rings (SSSR count). The van der Waals surface area contributed by atoms with Crippen LogP contribution in [0.5, 0.6) is 5.75 Å². The lowest BCUT2D eigenvalue weighted by molar-refractivity contribution is 0.484. The fourth-order valence-corrected chi connectivity index (χ4v) is 2.34. The molecule has 0 heterocycles. The van der Waals surface area contributed by atoms with Gasteiger partial charge in [-0.15, -0.1) is 0 Å². The standard InChI is InChI=1S/C17H16O/c1-13-10-11-16-14(12-13)6-5-9-17(16)18-15-7-3-2-4-8-15/h2-4,6-8,10-12H,5,9H2,1H3. The average molecular weight is 236 g/mol. The number of ether oxygens (including phenoxy) is 1. The van der Waals surface area contributed by atoms with Gasteiger partial charge in [0.1, 0.15) is 11.5 Å². The number of hydrogen-bond acceptors (Lipinski definition) is 1. The van der Waals surface area contributed by atoms with Gasteiger partial charge in [0.15, 0.2) is 0 Å². The molecule has 0 atom stereocenters. The second kappa shape index (κ2) is 4.69. The summed E-state index contributed by atoms with van der Waals surface area (Å²) in [6, 6.07) is 16.5. The van der Waals surface area contributed by atoms with Crippen molar-refractivity contribution < 1.29 is 4.74 Å². The van der Waals surface area contributed by atoms with Crippen LogP contribution < -0.4 is 15.2 Å². The van der Waals surface area contributed by atoms with Crippen molar-refractivity contribution in [2.45, 2.75) is 19.8 Å². The Morgan fingerprint density at radius 1 is 1.00 bits per heavy atom. The van der Waals surface area contributed by atoms with E-state index in [1.807, 2.05) is 30.3 Å². The van der Waals surface area contributed by atoms with Crippen molar-refractivity contribution in [2.24, 2.45) is 0 Å². The number of rotatable bonds is 2. The van der Waals surface area contributed by atoms with Crippen molar-refractivity contribution in [3.63, 3.8) is 0 Å². The van der Waals surface area contributed by atoms with E-state index in [1.165, 1.54) is 16.0 Å². The van der Waals surface area contributed by atoms with E-state index >= 15 is 0 Å². The van der Waals surface area contributed by atoms with Gasteiger partial charge in [0, 0.05) is 11.6 Å². The molecule has 1 heteroatoms. The Bertz CT molecular complexity index is 669. The Balaban J connectivity index is 2.08. The summed E-state index contributed by atoms with van der Waals surface area (Å²) in [4.78, 5) is 0. The van der Waals surface area contributed by atoms with Crippen LogP contribution in [0, 0.1) is 6.92 Å². The topological polar surface area (TPSA) is 9.23 Å². The minimum atomic E-state index is 0.918. The second-order valence-corrected chi connectivity index (χ2v) is 4.67. The van der Waals surface area contributed by atoms with Crippen molar-refractivity contribution >= 4 is 11.8 Å². The van der Waals surface area contributed by atoms with Crippen LogP contribution in [0.3, 0.4) is 0 Å². The third-order valence-corrected chi connectivity index (χ3v) is 3.23. The molecule has 2 aromatic rings. The van der Waals surface area contributed by atoms with Gasteiger partial charge in [-0.2, -0.15) is 0 Å². The summed E-state index contributed by atoms with van der Waals surface area (Å²) in [6.45, 7) is 2.13. The highest BCUT2D eigenvalue weighted by Crippen LogP contribution is 2.17. The Hall–Kier alpha value is -2.02. The maximum Gasteiger partial charge on any atom is 0.126 e. The summed E-state index contributed by atoms with van der Waals surface area (Å²) in [7, 11) is 0. The zero-order chi connectivity index (χ0) is 12.4. The molecule has 0 saturated carbocycles. The zero-order valence-electron chi connectivity index (χ0n) is 10.5. The summed E-state index contributed by atoms with van der Waals surface area (Å²) in [6.07, 6.45) is 4.32. The van der Waals surface area contributed by atoms with E-state index < -0.39 is 0 Å². The molecule has 0 saturated heterocycles. The Morgan fingerprint density at radius 3 is 2.67 bits per heavy atom. The first-order valence-electron chi connectivity index (χ1n) is 6.36. The normalized spacial score (nSPS) is 13.7. The van der Waals surface area contributed by atoms with Gasteiger partial charge in [0.25, 0.3) is 0 Å². The minimum Gasteiger partial charge on any atom is -0.461 e. The molecule has 0 radical (unpaired) electrons. The molecule has 0 unspecified atom stereocenters. The maximum absolute atomic E-state index is 6.02. The summed E-state index contributed by atoms with van der Waals surface area (Å²) in [5.74, 6) is 2.00. The fourth-order valence-electron chi connectivity index (χ4n) is 2.34. The van der Waals surface area contributed by atoms with E-state index in [0.29, 0.717) is 0 Å². The van der Waals surface area contributed by atoms with E-state index in [4.69, 9.17) is 4.74 Å². The van der Waals surface area contributed by atoms with Gasteiger partial charge >= 0.3 is 0 Å². The van der Waals surface area contributed by atoms with Crippen LogP contribution in [0.2, 0.25) is 0 Å². The number of benzene rings is 2. The van der Waals surface area contributed by atoms with Crippen molar-refractivity contribution in [3.8, 4) is 5.75 Å². The highest BCUT2D eigenvalue weighted by atomic mass is 16.5. The second-order valence-electron chi connectivity index (χ2n) is 4.67. The molecule has 0 N–H and O–H groups in total. The predicted molar refractivity (Wildman–Crippen MR) is 74.6 cm³/mol. The lowest BCUT2D eigenvalue weighted by atomic mass is 10.0. The Kier molecular flexibility index (Phi) is 2.89. The average Bonchev–Trinajstić information content (AvgIpc) is 2.40. The van der Waals surface area contributed by atoms with Crippen molar-refractivity contribution in [1.29, 1.82) is 0 Å². The van der Waals surface area contributed by atoms with Gasteiger partial charge in [0.05, 0.1) is 0 Å². The molecular formula is C17H16O. The number of hydrogen-bond donors (Lipinski definition) is 0. The third-order valence-electron chi connectivity index (χ3n) is 3.23. The number of para-hydroxylation sites is 1. The van der Waals surface area contributed by atoms with Gasteiger partial charge < -0.3 is 4.74 Å². The zero-order valence-corrected chi connectivity index (χ0v) is 10.5. The van der Waals surface area contributed by atoms with Crippen LogP contribution in [0.1, 0.15) is 18.4 Å². The lowest BCUT2D eigenvalue weighted by Crippen LogP contribution is -2.31. The van der Waals surface area contributed by atoms with Gasteiger partial charge in [0.2, 0.25) is 0 Å². The first-order chi connectivity index (χ1) is 8.83. The van der Waals surface area contributed by atoms with Gasteiger partial charge in [-0.3, -0.25) is 0 Å². The van der Waals surface area contributed by atoms with E-state index in [0.717, 1.165) is 24.4 Å². The summed E-state index contributed by atoms with van der Waals surface area (Å²) >= 11 is 0. The van der Waals surface area contributed by atoms with E-state index in [-0.39, 0.29) is 0 Å². The molecule has 0 amide bonds. The fraction of sp³-hybridized carbons (Fsp3) is 0.176. The van der Waals surface area contributed by atoms with Gasteiger partial charge in [-0.1, -0.05) is 48.0 Å². The van der Waals surface area contributed by atoms with Crippen LogP contribution in [-0.4, -0.2) is 0 Å². The molecule has 0 aromatic heterocycles. The van der Waals surface area contributed by atoms with Crippen LogP contribution >= 0.6 is 0 Å². The SMILES string of the molecule is Cc1ccc2c(c1)=CCCC=2Oc1ccccc1. The molecule has 1 aliphatic rings. The van der Waals surface area contributed by atoms with Crippen molar-refractivity contribution in [2.75, 3.05) is 0 Å². The van der Waals surface area contributed by atoms with Gasteiger partial charge in [-0.25, -0.2) is 0 Å². The van der Waals surface area contributed by atoms with Crippen LogP contribution in [0.25, 0.3) is 11.8 Å². The van der Waals surface area contributed by atoms with E-state index in [2.05, 4.69) is 31.2 Å². The Labute approximate surface area is 107 Å². The molecule has 18 heavy (non-hydrogen) atoms. The molecule has 2 aromatic carbocycles. The van der Waals surface area contributed by atoms with Crippen LogP contribution in [0.4, 0.5) is 0 Å². The summed E-state index contributed by atoms with van der Waals surface area (Å²) < 4.78 is 6.02. The van der Waals surface area contributed by atoms with Crippen molar-refractivity contribution in [1.82, 2.24) is 0 Å². The number of fused-ring (bicyclic) bond motifs is 1. The first kappa shape index (κ1) is 11.1. The summed E-state index contributed by atoms with van der Waals surface area (Å²) in [5, 5.41) is 2.53. The monoisotopic (exact) mass is 236 g/mol. The molecule has 1 nitrogen and oxygen atoms in total. The van der Waals surface area contributed by atoms with E-state index in [9.17, 15) is 0 Å². The smallest absolute Gasteiger partial charge is 0.126 e. The molecule has 0 spiro atoms. The van der Waals surface area contributed by atoms with Crippen LogP contribution in [0.15, 0.2) is 48.5 Å². The number of aryl methyl sites for hydroxylation is 1. The highest BCUT2D eigenvalue weighted by molar-refractivity contribution is 5.49. The first-order valence-corrected chi connectivity index (χ1v) is 6.36. The minimum absolute atomic E-state index is 0.918. The van der Waals surface area contributed by atoms with Crippen LogP contribution in [-0.2, 0) is 0 Å². The predicted octanol–water partition coefficient (Wildman–Crippen LogP) is 2.76. The lowest BCUT2D eigenvalue weighted by Gasteiger charge is -2.13. The molecule has 1 aliphatic carbocycles. The highest BCUT2D eigenvalue weighted by Gasteiger charge is 2.06. The third kappa shape index (κ3) is 2.17. The Morgan fingerprint density at radius 2 is 1.83 bits per heavy atom. The molecular weight excluding hydrogens is 220 g/mol. The molecule has 0 fully saturated rings. The summed E-state index contributed by atoms with van der Waals surface area (Å²) in [5.41, 5.74) is 1.30. The van der Waals surface area contributed by atoms with Gasteiger partial charge in [-0.05, 0) is 30.7 Å². The van der Waals surface area contributed by atoms with Crippen molar-refractivity contribution in [3.05, 3.63) is 64.5 Å². The maximum atomic E-state index is 6.02.